The van der Waals surface area contributed by atoms with Crippen LogP contribution in [0.3, 0.4) is 0 Å². The van der Waals surface area contributed by atoms with Crippen molar-refractivity contribution < 1.29 is 14.1 Å². The molecule has 8 heteroatoms. The fraction of sp³-hybridized carbons (Fsp3) is 0.348. The molecule has 1 aliphatic rings. The minimum Gasteiger partial charge on any atom is -0.497 e. The molecule has 3 aromatic rings. The highest BCUT2D eigenvalue weighted by molar-refractivity contribution is 5.89. The number of hydrogen-bond donors (Lipinski definition) is 1. The number of benzene rings is 2. The van der Waals surface area contributed by atoms with Gasteiger partial charge in [0.25, 0.3) is 5.89 Å². The molecule has 2 heterocycles. The van der Waals surface area contributed by atoms with Gasteiger partial charge in [0.1, 0.15) is 5.75 Å². The number of ether oxygens (including phenoxy) is 1. The number of aromatic nitrogens is 2. The Morgan fingerprint density at radius 3 is 2.29 bits per heavy atom. The van der Waals surface area contributed by atoms with Crippen molar-refractivity contribution in [1.29, 1.82) is 0 Å². The van der Waals surface area contributed by atoms with Gasteiger partial charge in [-0.1, -0.05) is 19.0 Å². The van der Waals surface area contributed by atoms with Gasteiger partial charge < -0.3 is 24.4 Å². The van der Waals surface area contributed by atoms with E-state index in [1.807, 2.05) is 67.3 Å². The molecule has 1 aromatic heterocycles. The van der Waals surface area contributed by atoms with Crippen molar-refractivity contribution in [3.8, 4) is 17.2 Å². The van der Waals surface area contributed by atoms with Crippen LogP contribution in [0.25, 0.3) is 11.5 Å². The molecule has 0 radical (unpaired) electrons. The second kappa shape index (κ2) is 9.07. The molecule has 2 amide bonds. The first-order valence-corrected chi connectivity index (χ1v) is 10.4. The molecule has 0 spiro atoms. The van der Waals surface area contributed by atoms with Crippen LogP contribution in [0.1, 0.15) is 25.6 Å². The summed E-state index contributed by atoms with van der Waals surface area (Å²) in [6, 6.07) is 15.3. The first-order valence-electron chi connectivity index (χ1n) is 10.4. The van der Waals surface area contributed by atoms with E-state index in [0.717, 1.165) is 35.8 Å². The summed E-state index contributed by atoms with van der Waals surface area (Å²) in [6.45, 7) is 6.93. The van der Waals surface area contributed by atoms with E-state index in [9.17, 15) is 4.79 Å². The van der Waals surface area contributed by atoms with Crippen LogP contribution < -0.4 is 15.0 Å². The first-order chi connectivity index (χ1) is 15.0. The topological polar surface area (TPSA) is 83.7 Å². The lowest BCUT2D eigenvalue weighted by Crippen LogP contribution is -2.50. The molecule has 0 aliphatic carbocycles. The Kier molecular flexibility index (Phi) is 6.06. The van der Waals surface area contributed by atoms with E-state index >= 15 is 0 Å². The molecule has 4 rings (SSSR count). The Hall–Kier alpha value is -3.55. The number of methoxy groups -OCH3 is 1. The number of carbonyl (C=O) groups is 1. The standard InChI is InChI=1S/C23H27N5O3/c1-16(2)21-25-22(31-26-21)17-4-6-18(7-5-17)24-23(29)28-14-12-27(13-15-28)19-8-10-20(30-3)11-9-19/h4-11,16H,12-15H2,1-3H3,(H,24,29). The molecular formula is C23H27N5O3. The van der Waals surface area contributed by atoms with E-state index < -0.39 is 0 Å². The molecule has 162 valence electrons. The predicted octanol–water partition coefficient (Wildman–Crippen LogP) is 4.22. The van der Waals surface area contributed by atoms with Crippen molar-refractivity contribution in [3.63, 3.8) is 0 Å². The van der Waals surface area contributed by atoms with Crippen LogP contribution in [-0.4, -0.2) is 54.4 Å². The highest BCUT2D eigenvalue weighted by atomic mass is 16.5. The fourth-order valence-corrected chi connectivity index (χ4v) is 3.45. The van der Waals surface area contributed by atoms with Crippen molar-refractivity contribution in [3.05, 3.63) is 54.4 Å². The Bertz CT molecular complexity index is 1010. The maximum atomic E-state index is 12.7. The van der Waals surface area contributed by atoms with E-state index in [2.05, 4.69) is 20.4 Å². The van der Waals surface area contributed by atoms with E-state index in [-0.39, 0.29) is 11.9 Å². The van der Waals surface area contributed by atoms with E-state index in [1.54, 1.807) is 7.11 Å². The van der Waals surface area contributed by atoms with Crippen LogP contribution in [0.5, 0.6) is 5.75 Å². The predicted molar refractivity (Wildman–Crippen MR) is 120 cm³/mol. The molecule has 1 fully saturated rings. The van der Waals surface area contributed by atoms with Gasteiger partial charge in [0, 0.05) is 49.0 Å². The van der Waals surface area contributed by atoms with Gasteiger partial charge in [0.15, 0.2) is 5.82 Å². The average molecular weight is 422 g/mol. The molecule has 8 nitrogen and oxygen atoms in total. The third-order valence-electron chi connectivity index (χ3n) is 5.35. The summed E-state index contributed by atoms with van der Waals surface area (Å²) in [5, 5.41) is 6.96. The number of amides is 2. The maximum absolute atomic E-state index is 12.7. The molecule has 31 heavy (non-hydrogen) atoms. The fourth-order valence-electron chi connectivity index (χ4n) is 3.45. The van der Waals surface area contributed by atoms with E-state index in [1.165, 1.54) is 0 Å². The number of rotatable bonds is 5. The van der Waals surface area contributed by atoms with Gasteiger partial charge in [-0.05, 0) is 48.5 Å². The summed E-state index contributed by atoms with van der Waals surface area (Å²) in [4.78, 5) is 21.2. The largest absolute Gasteiger partial charge is 0.497 e. The summed E-state index contributed by atoms with van der Waals surface area (Å²) in [5.41, 5.74) is 2.69. The van der Waals surface area contributed by atoms with Crippen molar-refractivity contribution in [2.45, 2.75) is 19.8 Å². The Morgan fingerprint density at radius 2 is 1.71 bits per heavy atom. The van der Waals surface area contributed by atoms with Gasteiger partial charge in [-0.25, -0.2) is 4.79 Å². The molecule has 0 saturated carbocycles. The average Bonchev–Trinajstić information content (AvgIpc) is 3.30. The lowest BCUT2D eigenvalue weighted by molar-refractivity contribution is 0.208. The molecule has 1 aliphatic heterocycles. The van der Waals surface area contributed by atoms with Crippen LogP contribution in [0, 0.1) is 0 Å². The Balaban J connectivity index is 1.31. The van der Waals surface area contributed by atoms with Gasteiger partial charge in [-0.3, -0.25) is 0 Å². The minimum absolute atomic E-state index is 0.0954. The number of nitrogens with zero attached hydrogens (tertiary/aromatic N) is 4. The molecule has 2 aromatic carbocycles. The zero-order chi connectivity index (χ0) is 21.8. The summed E-state index contributed by atoms with van der Waals surface area (Å²) < 4.78 is 10.5. The summed E-state index contributed by atoms with van der Waals surface area (Å²) in [6.07, 6.45) is 0. The minimum atomic E-state index is -0.0954. The smallest absolute Gasteiger partial charge is 0.321 e. The first kappa shape index (κ1) is 20.7. The zero-order valence-electron chi connectivity index (χ0n) is 18.0. The Morgan fingerprint density at radius 1 is 1.03 bits per heavy atom. The van der Waals surface area contributed by atoms with Gasteiger partial charge in [-0.2, -0.15) is 4.98 Å². The van der Waals surface area contributed by atoms with Gasteiger partial charge in [0.05, 0.1) is 7.11 Å². The van der Waals surface area contributed by atoms with Crippen molar-refractivity contribution in [2.24, 2.45) is 0 Å². The number of hydrogen-bond acceptors (Lipinski definition) is 6. The molecule has 1 N–H and O–H groups in total. The normalized spacial score (nSPS) is 14.1. The lowest BCUT2D eigenvalue weighted by Gasteiger charge is -2.36. The number of anilines is 2. The summed E-state index contributed by atoms with van der Waals surface area (Å²) in [7, 11) is 1.66. The van der Waals surface area contributed by atoms with Crippen LogP contribution in [0.4, 0.5) is 16.2 Å². The van der Waals surface area contributed by atoms with Crippen molar-refractivity contribution in [2.75, 3.05) is 43.5 Å². The molecule has 0 bridgehead atoms. The summed E-state index contributed by atoms with van der Waals surface area (Å²) >= 11 is 0. The number of nitrogens with one attached hydrogen (secondary N) is 1. The van der Waals surface area contributed by atoms with Crippen LogP contribution in [-0.2, 0) is 0 Å². The molecule has 0 atom stereocenters. The van der Waals surface area contributed by atoms with Crippen LogP contribution in [0.15, 0.2) is 53.1 Å². The van der Waals surface area contributed by atoms with Gasteiger partial charge >= 0.3 is 6.03 Å². The third kappa shape index (κ3) is 4.79. The Labute approximate surface area is 181 Å². The monoisotopic (exact) mass is 421 g/mol. The molecule has 1 saturated heterocycles. The number of urea groups is 1. The van der Waals surface area contributed by atoms with Gasteiger partial charge in [-0.15, -0.1) is 0 Å². The van der Waals surface area contributed by atoms with E-state index in [4.69, 9.17) is 9.26 Å². The molecule has 0 unspecified atom stereocenters. The molecular weight excluding hydrogens is 394 g/mol. The van der Waals surface area contributed by atoms with Crippen LogP contribution >= 0.6 is 0 Å². The van der Waals surface area contributed by atoms with Crippen molar-refractivity contribution in [1.82, 2.24) is 15.0 Å². The van der Waals surface area contributed by atoms with E-state index in [0.29, 0.717) is 24.8 Å². The second-order valence-electron chi connectivity index (χ2n) is 7.79. The highest BCUT2D eigenvalue weighted by Gasteiger charge is 2.21. The maximum Gasteiger partial charge on any atom is 0.321 e. The van der Waals surface area contributed by atoms with Gasteiger partial charge in [0.2, 0.25) is 0 Å². The zero-order valence-corrected chi connectivity index (χ0v) is 18.0. The highest BCUT2D eigenvalue weighted by Crippen LogP contribution is 2.23. The number of piperazine rings is 1. The van der Waals surface area contributed by atoms with Crippen molar-refractivity contribution >= 4 is 17.4 Å². The lowest BCUT2D eigenvalue weighted by atomic mass is 10.2. The second-order valence-corrected chi connectivity index (χ2v) is 7.79. The van der Waals surface area contributed by atoms with Crippen LogP contribution in [0.2, 0.25) is 0 Å². The summed E-state index contributed by atoms with van der Waals surface area (Å²) in [5.74, 6) is 2.21. The number of carbonyl (C=O) groups excluding carboxylic acids is 1. The quantitative estimate of drug-likeness (QED) is 0.664. The third-order valence-corrected chi connectivity index (χ3v) is 5.35. The SMILES string of the molecule is COc1ccc(N2CCN(C(=O)Nc3ccc(-c4nc(C(C)C)no4)cc3)CC2)cc1.